The van der Waals surface area contributed by atoms with Gasteiger partial charge in [-0.1, -0.05) is 17.7 Å². The van der Waals surface area contributed by atoms with Crippen LogP contribution in [0, 0.1) is 0 Å². The van der Waals surface area contributed by atoms with Crippen molar-refractivity contribution in [2.24, 2.45) is 0 Å². The number of nitrogens with zero attached hydrogens (tertiary/aromatic N) is 3. The van der Waals surface area contributed by atoms with E-state index in [0.717, 1.165) is 15.3 Å². The van der Waals surface area contributed by atoms with Crippen molar-refractivity contribution in [1.82, 2.24) is 19.9 Å². The Morgan fingerprint density at radius 2 is 2.20 bits per heavy atom. The lowest BCUT2D eigenvalue weighted by molar-refractivity contribution is -0.136. The van der Waals surface area contributed by atoms with Gasteiger partial charge in [0.15, 0.2) is 11.5 Å². The Labute approximate surface area is 148 Å². The van der Waals surface area contributed by atoms with Gasteiger partial charge in [0.05, 0.1) is 11.6 Å². The van der Waals surface area contributed by atoms with Crippen LogP contribution in [-0.2, 0) is 17.5 Å². The van der Waals surface area contributed by atoms with Crippen molar-refractivity contribution >= 4 is 40.6 Å². The number of rotatable bonds is 4. The highest BCUT2D eigenvalue weighted by Gasteiger charge is 2.35. The van der Waals surface area contributed by atoms with Gasteiger partial charge in [-0.25, -0.2) is 0 Å². The molecule has 0 bridgehead atoms. The van der Waals surface area contributed by atoms with E-state index in [-0.39, 0.29) is 23.0 Å². The van der Waals surface area contributed by atoms with E-state index in [1.165, 1.54) is 23.6 Å². The monoisotopic (exact) mass is 386 g/mol. The molecule has 0 aliphatic heterocycles. The molecule has 0 spiro atoms. The number of pyridine rings is 1. The smallest absolute Gasteiger partial charge is 0.345 e. The minimum atomic E-state index is -4.61. The summed E-state index contributed by atoms with van der Waals surface area (Å²) in [7, 11) is 0. The van der Waals surface area contributed by atoms with Gasteiger partial charge in [-0.2, -0.15) is 13.2 Å². The number of halogens is 4. The van der Waals surface area contributed by atoms with E-state index in [1.807, 2.05) is 17.5 Å². The highest BCUT2D eigenvalue weighted by atomic mass is 35.5. The maximum Gasteiger partial charge on any atom is 0.420 e. The summed E-state index contributed by atoms with van der Waals surface area (Å²) in [4.78, 5) is 12.7. The molecular weight excluding hydrogens is 377 g/mol. The average Bonchev–Trinajstić information content (AvgIpc) is 3.19. The Morgan fingerprint density at radius 1 is 1.40 bits per heavy atom. The van der Waals surface area contributed by atoms with Crippen LogP contribution in [0.3, 0.4) is 0 Å². The summed E-state index contributed by atoms with van der Waals surface area (Å²) >= 11 is 7.23. The molecule has 0 aromatic carbocycles. The van der Waals surface area contributed by atoms with E-state index in [9.17, 15) is 18.0 Å². The number of hydrogen-bond donors (Lipinski definition) is 1. The molecule has 0 atom stereocenters. The maximum absolute atomic E-state index is 13.0. The molecule has 0 aliphatic rings. The molecule has 5 nitrogen and oxygen atoms in total. The van der Waals surface area contributed by atoms with Crippen LogP contribution in [0.5, 0.6) is 0 Å². The number of hydrogen-bond acceptors (Lipinski definition) is 4. The van der Waals surface area contributed by atoms with Gasteiger partial charge in [-0.15, -0.1) is 21.5 Å². The van der Waals surface area contributed by atoms with Gasteiger partial charge in [0.25, 0.3) is 0 Å². The highest BCUT2D eigenvalue weighted by Crippen LogP contribution is 2.33. The van der Waals surface area contributed by atoms with Crippen LogP contribution in [-0.4, -0.2) is 20.5 Å². The van der Waals surface area contributed by atoms with E-state index in [2.05, 4.69) is 15.5 Å². The lowest BCUT2D eigenvalue weighted by Crippen LogP contribution is -2.21. The maximum atomic E-state index is 13.0. The molecule has 3 rings (SSSR count). The summed E-state index contributed by atoms with van der Waals surface area (Å²) in [5, 5.41) is 11.6. The van der Waals surface area contributed by atoms with Crippen LogP contribution in [0.25, 0.3) is 11.7 Å². The zero-order chi connectivity index (χ0) is 18.0. The first-order chi connectivity index (χ1) is 11.8. The second-order valence-electron chi connectivity index (χ2n) is 4.95. The SMILES string of the molecule is O=C(/C=C/c1cccs1)NCc1nnc2c(C(F)(F)F)cc(Cl)cn12. The third-order valence-corrected chi connectivity index (χ3v) is 4.25. The fraction of sp³-hybridized carbons (Fsp3) is 0.133. The number of fused-ring (bicyclic) bond motifs is 1. The topological polar surface area (TPSA) is 59.3 Å². The number of amides is 1. The van der Waals surface area contributed by atoms with Gasteiger partial charge >= 0.3 is 6.18 Å². The molecule has 3 heterocycles. The molecule has 25 heavy (non-hydrogen) atoms. The summed E-state index contributed by atoms with van der Waals surface area (Å²) in [6.45, 7) is -0.0909. The molecular formula is C15H10ClF3N4OS. The van der Waals surface area contributed by atoms with Gasteiger partial charge in [0.2, 0.25) is 5.91 Å². The van der Waals surface area contributed by atoms with Crippen molar-refractivity contribution in [3.8, 4) is 0 Å². The van der Waals surface area contributed by atoms with Gasteiger partial charge in [-0.05, 0) is 23.6 Å². The van der Waals surface area contributed by atoms with E-state index in [4.69, 9.17) is 11.6 Å². The molecule has 1 amide bonds. The van der Waals surface area contributed by atoms with Crippen LogP contribution in [0.15, 0.2) is 35.9 Å². The zero-order valence-electron chi connectivity index (χ0n) is 12.4. The molecule has 10 heteroatoms. The number of aromatic nitrogens is 3. The lowest BCUT2D eigenvalue weighted by atomic mass is 10.2. The normalized spacial score (nSPS) is 12.2. The molecule has 3 aromatic heterocycles. The summed E-state index contributed by atoms with van der Waals surface area (Å²) in [6, 6.07) is 4.49. The summed E-state index contributed by atoms with van der Waals surface area (Å²) < 4.78 is 40.2. The Hall–Kier alpha value is -2.39. The first-order valence-corrected chi connectivity index (χ1v) is 8.20. The highest BCUT2D eigenvalue weighted by molar-refractivity contribution is 7.10. The summed E-state index contributed by atoms with van der Waals surface area (Å²) in [5.74, 6) is -0.260. The fourth-order valence-corrected chi connectivity index (χ4v) is 2.93. The van der Waals surface area contributed by atoms with E-state index < -0.39 is 17.6 Å². The summed E-state index contributed by atoms with van der Waals surface area (Å²) in [5.41, 5.74) is -1.35. The Balaban J connectivity index is 1.78. The number of carbonyl (C=O) groups excluding carboxylic acids is 1. The number of carbonyl (C=O) groups is 1. The molecule has 0 unspecified atom stereocenters. The molecule has 130 valence electrons. The van der Waals surface area contributed by atoms with Gasteiger partial charge in [0.1, 0.15) is 5.56 Å². The van der Waals surface area contributed by atoms with Crippen LogP contribution in [0.4, 0.5) is 13.2 Å². The third kappa shape index (κ3) is 3.99. The summed E-state index contributed by atoms with van der Waals surface area (Å²) in [6.07, 6.45) is -0.359. The van der Waals surface area contributed by atoms with Crippen molar-refractivity contribution in [3.63, 3.8) is 0 Å². The van der Waals surface area contributed by atoms with E-state index in [0.29, 0.717) is 0 Å². The number of nitrogens with one attached hydrogen (secondary N) is 1. The number of alkyl halides is 3. The zero-order valence-corrected chi connectivity index (χ0v) is 14.0. The minimum Gasteiger partial charge on any atom is -0.345 e. The van der Waals surface area contributed by atoms with Crippen molar-refractivity contribution in [2.75, 3.05) is 0 Å². The van der Waals surface area contributed by atoms with Crippen molar-refractivity contribution in [2.45, 2.75) is 12.7 Å². The molecule has 0 saturated heterocycles. The van der Waals surface area contributed by atoms with Crippen molar-refractivity contribution < 1.29 is 18.0 Å². The molecule has 0 aliphatic carbocycles. The Kier molecular flexibility index (Phi) is 4.78. The standard InChI is InChI=1S/C15H10ClF3N4OS/c16-9-6-11(15(17,18)19)14-22-21-12(23(14)8-9)7-20-13(24)4-3-10-2-1-5-25-10/h1-6,8H,7H2,(H,20,24)/b4-3+. The predicted octanol–water partition coefficient (Wildman–Crippen LogP) is 3.79. The fourth-order valence-electron chi connectivity index (χ4n) is 2.10. The van der Waals surface area contributed by atoms with Gasteiger partial charge in [-0.3, -0.25) is 9.20 Å². The van der Waals surface area contributed by atoms with Gasteiger partial charge < -0.3 is 5.32 Å². The lowest BCUT2D eigenvalue weighted by Gasteiger charge is -2.09. The largest absolute Gasteiger partial charge is 0.420 e. The van der Waals surface area contributed by atoms with E-state index >= 15 is 0 Å². The molecule has 1 N–H and O–H groups in total. The number of thiophene rings is 1. The van der Waals surface area contributed by atoms with Crippen LogP contribution >= 0.6 is 22.9 Å². The molecule has 0 saturated carbocycles. The van der Waals surface area contributed by atoms with Crippen molar-refractivity contribution in [3.05, 3.63) is 57.1 Å². The first kappa shape index (κ1) is 17.4. The molecule has 0 radical (unpaired) electrons. The van der Waals surface area contributed by atoms with Crippen LogP contribution in [0.2, 0.25) is 5.02 Å². The van der Waals surface area contributed by atoms with Crippen molar-refractivity contribution in [1.29, 1.82) is 0 Å². The molecule has 0 fully saturated rings. The van der Waals surface area contributed by atoms with E-state index in [1.54, 1.807) is 6.08 Å². The molecule has 3 aromatic rings. The Morgan fingerprint density at radius 3 is 2.88 bits per heavy atom. The first-order valence-electron chi connectivity index (χ1n) is 6.94. The van der Waals surface area contributed by atoms with Crippen LogP contribution < -0.4 is 5.32 Å². The van der Waals surface area contributed by atoms with Gasteiger partial charge in [0, 0.05) is 17.2 Å². The Bertz CT molecular complexity index is 934. The quantitative estimate of drug-likeness (QED) is 0.694. The minimum absolute atomic E-state index is 0.0909. The third-order valence-electron chi connectivity index (χ3n) is 3.21. The second kappa shape index (κ2) is 6.85. The predicted molar refractivity (Wildman–Crippen MR) is 88.2 cm³/mol. The average molecular weight is 387 g/mol. The van der Waals surface area contributed by atoms with Crippen LogP contribution in [0.1, 0.15) is 16.3 Å². The second-order valence-corrected chi connectivity index (χ2v) is 6.36.